The molecule has 1 N–H and O–H groups in total. The van der Waals surface area contributed by atoms with Crippen LogP contribution in [0.2, 0.25) is 0 Å². The summed E-state index contributed by atoms with van der Waals surface area (Å²) in [6.45, 7) is 11.6. The standard InChI is InChI=1S/C17H28N2OS/c1-15(2)13-18-14-16-4-3-5-17(12-16)21-11-8-19-6-9-20-10-7-19/h3-5,12,15,18H,6-11,13-14H2,1-2H3. The van der Waals surface area contributed by atoms with Crippen LogP contribution in [-0.2, 0) is 11.3 Å². The second kappa shape index (κ2) is 9.46. The summed E-state index contributed by atoms with van der Waals surface area (Å²) >= 11 is 1.96. The highest BCUT2D eigenvalue weighted by molar-refractivity contribution is 7.99. The Bertz CT molecular complexity index is 406. The van der Waals surface area contributed by atoms with Gasteiger partial charge in [-0.2, -0.15) is 0 Å². The van der Waals surface area contributed by atoms with Crippen LogP contribution in [0.4, 0.5) is 0 Å². The first-order valence-electron chi connectivity index (χ1n) is 7.96. The van der Waals surface area contributed by atoms with Crippen molar-refractivity contribution in [1.82, 2.24) is 10.2 Å². The summed E-state index contributed by atoms with van der Waals surface area (Å²) in [6, 6.07) is 8.91. The van der Waals surface area contributed by atoms with E-state index in [1.165, 1.54) is 10.5 Å². The van der Waals surface area contributed by atoms with Crippen molar-refractivity contribution in [1.29, 1.82) is 0 Å². The smallest absolute Gasteiger partial charge is 0.0594 e. The maximum absolute atomic E-state index is 5.38. The third-order valence-electron chi connectivity index (χ3n) is 3.56. The second-order valence-corrected chi connectivity index (χ2v) is 7.14. The minimum atomic E-state index is 0.705. The van der Waals surface area contributed by atoms with E-state index in [0.29, 0.717) is 5.92 Å². The van der Waals surface area contributed by atoms with E-state index in [0.717, 1.165) is 51.7 Å². The Morgan fingerprint density at radius 1 is 1.29 bits per heavy atom. The zero-order valence-corrected chi connectivity index (χ0v) is 14.1. The van der Waals surface area contributed by atoms with Gasteiger partial charge in [-0.05, 0) is 30.2 Å². The quantitative estimate of drug-likeness (QED) is 0.746. The van der Waals surface area contributed by atoms with Gasteiger partial charge in [0, 0.05) is 36.8 Å². The van der Waals surface area contributed by atoms with Gasteiger partial charge >= 0.3 is 0 Å². The van der Waals surface area contributed by atoms with Crippen molar-refractivity contribution in [2.24, 2.45) is 5.92 Å². The predicted octanol–water partition coefficient (Wildman–Crippen LogP) is 2.86. The van der Waals surface area contributed by atoms with Gasteiger partial charge in [-0.25, -0.2) is 0 Å². The number of morpholine rings is 1. The van der Waals surface area contributed by atoms with Crippen LogP contribution in [0.25, 0.3) is 0 Å². The average Bonchev–Trinajstić information content (AvgIpc) is 2.48. The maximum Gasteiger partial charge on any atom is 0.0594 e. The molecule has 21 heavy (non-hydrogen) atoms. The molecule has 0 aliphatic carbocycles. The van der Waals surface area contributed by atoms with E-state index < -0.39 is 0 Å². The van der Waals surface area contributed by atoms with Crippen LogP contribution in [-0.4, -0.2) is 50.0 Å². The molecule has 0 saturated carbocycles. The predicted molar refractivity (Wildman–Crippen MR) is 91.0 cm³/mol. The lowest BCUT2D eigenvalue weighted by atomic mass is 10.2. The molecule has 1 saturated heterocycles. The molecule has 118 valence electrons. The molecule has 1 heterocycles. The fourth-order valence-electron chi connectivity index (χ4n) is 2.37. The number of benzene rings is 1. The molecule has 1 fully saturated rings. The number of nitrogens with zero attached hydrogens (tertiary/aromatic N) is 1. The van der Waals surface area contributed by atoms with Gasteiger partial charge in [-0.15, -0.1) is 11.8 Å². The van der Waals surface area contributed by atoms with Crippen molar-refractivity contribution < 1.29 is 4.74 Å². The summed E-state index contributed by atoms with van der Waals surface area (Å²) in [5.74, 6) is 1.86. The molecule has 1 aromatic carbocycles. The van der Waals surface area contributed by atoms with Gasteiger partial charge in [0.2, 0.25) is 0 Å². The Morgan fingerprint density at radius 3 is 2.86 bits per heavy atom. The largest absolute Gasteiger partial charge is 0.379 e. The Labute approximate surface area is 133 Å². The van der Waals surface area contributed by atoms with E-state index in [2.05, 4.69) is 48.3 Å². The zero-order valence-electron chi connectivity index (χ0n) is 13.3. The molecular formula is C17H28N2OS. The minimum Gasteiger partial charge on any atom is -0.379 e. The van der Waals surface area contributed by atoms with E-state index in [1.807, 2.05) is 11.8 Å². The van der Waals surface area contributed by atoms with E-state index in [1.54, 1.807) is 0 Å². The minimum absolute atomic E-state index is 0.705. The number of rotatable bonds is 8. The van der Waals surface area contributed by atoms with Crippen LogP contribution in [0.5, 0.6) is 0 Å². The third kappa shape index (κ3) is 6.83. The number of thioether (sulfide) groups is 1. The van der Waals surface area contributed by atoms with E-state index in [4.69, 9.17) is 4.74 Å². The second-order valence-electron chi connectivity index (χ2n) is 5.97. The number of nitrogens with one attached hydrogen (secondary N) is 1. The molecule has 4 heteroatoms. The molecule has 0 aromatic heterocycles. The van der Waals surface area contributed by atoms with Crippen molar-refractivity contribution >= 4 is 11.8 Å². The molecular weight excluding hydrogens is 280 g/mol. The van der Waals surface area contributed by atoms with Gasteiger partial charge in [0.05, 0.1) is 13.2 Å². The summed E-state index contributed by atoms with van der Waals surface area (Å²) in [4.78, 5) is 3.87. The Balaban J connectivity index is 1.70. The molecule has 1 aromatic rings. The van der Waals surface area contributed by atoms with Crippen molar-refractivity contribution in [2.75, 3.05) is 45.1 Å². The lowest BCUT2D eigenvalue weighted by molar-refractivity contribution is 0.0410. The Kier molecular flexibility index (Phi) is 7.58. The van der Waals surface area contributed by atoms with Crippen molar-refractivity contribution in [2.45, 2.75) is 25.3 Å². The van der Waals surface area contributed by atoms with Crippen LogP contribution < -0.4 is 5.32 Å². The summed E-state index contributed by atoms with van der Waals surface area (Å²) in [7, 11) is 0. The molecule has 0 atom stereocenters. The molecule has 1 aliphatic rings. The maximum atomic E-state index is 5.38. The van der Waals surface area contributed by atoms with Crippen LogP contribution >= 0.6 is 11.8 Å². The fraction of sp³-hybridized carbons (Fsp3) is 0.647. The van der Waals surface area contributed by atoms with E-state index in [9.17, 15) is 0 Å². The van der Waals surface area contributed by atoms with E-state index >= 15 is 0 Å². The molecule has 0 unspecified atom stereocenters. The van der Waals surface area contributed by atoms with Crippen LogP contribution in [0.15, 0.2) is 29.2 Å². The van der Waals surface area contributed by atoms with Crippen molar-refractivity contribution in [3.05, 3.63) is 29.8 Å². The van der Waals surface area contributed by atoms with E-state index in [-0.39, 0.29) is 0 Å². The monoisotopic (exact) mass is 308 g/mol. The van der Waals surface area contributed by atoms with Gasteiger partial charge in [0.25, 0.3) is 0 Å². The SMILES string of the molecule is CC(C)CNCc1cccc(SCCN2CCOCC2)c1. The highest BCUT2D eigenvalue weighted by Crippen LogP contribution is 2.19. The first-order chi connectivity index (χ1) is 10.2. The fourth-order valence-corrected chi connectivity index (χ4v) is 3.36. The first-order valence-corrected chi connectivity index (χ1v) is 8.95. The Hall–Kier alpha value is -0.550. The Morgan fingerprint density at radius 2 is 2.10 bits per heavy atom. The van der Waals surface area contributed by atoms with Gasteiger partial charge in [-0.1, -0.05) is 26.0 Å². The van der Waals surface area contributed by atoms with Crippen molar-refractivity contribution in [3.63, 3.8) is 0 Å². The summed E-state index contributed by atoms with van der Waals surface area (Å²) < 4.78 is 5.38. The summed E-state index contributed by atoms with van der Waals surface area (Å²) in [6.07, 6.45) is 0. The molecule has 1 aliphatic heterocycles. The van der Waals surface area contributed by atoms with Crippen LogP contribution in [0, 0.1) is 5.92 Å². The molecule has 0 spiro atoms. The normalized spacial score (nSPS) is 16.5. The van der Waals surface area contributed by atoms with Gasteiger partial charge < -0.3 is 10.1 Å². The summed E-state index contributed by atoms with van der Waals surface area (Å²) in [5.41, 5.74) is 1.38. The summed E-state index contributed by atoms with van der Waals surface area (Å²) in [5, 5.41) is 3.50. The van der Waals surface area contributed by atoms with Gasteiger partial charge in [-0.3, -0.25) is 4.90 Å². The van der Waals surface area contributed by atoms with Gasteiger partial charge in [0.15, 0.2) is 0 Å². The highest BCUT2D eigenvalue weighted by atomic mass is 32.2. The average molecular weight is 308 g/mol. The van der Waals surface area contributed by atoms with Crippen molar-refractivity contribution in [3.8, 4) is 0 Å². The topological polar surface area (TPSA) is 24.5 Å². The zero-order chi connectivity index (χ0) is 14.9. The number of hydrogen-bond acceptors (Lipinski definition) is 4. The molecule has 0 amide bonds. The molecule has 0 radical (unpaired) electrons. The number of ether oxygens (including phenoxy) is 1. The first kappa shape index (κ1) is 16.8. The third-order valence-corrected chi connectivity index (χ3v) is 4.53. The highest BCUT2D eigenvalue weighted by Gasteiger charge is 2.09. The van der Waals surface area contributed by atoms with Gasteiger partial charge in [0.1, 0.15) is 0 Å². The molecule has 0 bridgehead atoms. The van der Waals surface area contributed by atoms with Crippen LogP contribution in [0.3, 0.4) is 0 Å². The molecule has 2 rings (SSSR count). The lowest BCUT2D eigenvalue weighted by Gasteiger charge is -2.26. The number of hydrogen-bond donors (Lipinski definition) is 1. The van der Waals surface area contributed by atoms with Crippen LogP contribution in [0.1, 0.15) is 19.4 Å². The molecule has 3 nitrogen and oxygen atoms in total. The lowest BCUT2D eigenvalue weighted by Crippen LogP contribution is -2.37.